The molecule has 0 aliphatic carbocycles. The second-order valence-electron chi connectivity index (χ2n) is 10.4. The van der Waals surface area contributed by atoms with Gasteiger partial charge in [-0.25, -0.2) is 22.0 Å². The fourth-order valence-electron chi connectivity index (χ4n) is 5.03. The lowest BCUT2D eigenvalue weighted by Crippen LogP contribution is -2.22. The van der Waals surface area contributed by atoms with Crippen LogP contribution in [0.1, 0.15) is 11.1 Å². The fraction of sp³-hybridized carbons (Fsp3) is 0.0556. The van der Waals surface area contributed by atoms with Gasteiger partial charge in [-0.15, -0.1) is 0 Å². The van der Waals surface area contributed by atoms with E-state index in [1.54, 1.807) is 0 Å². The van der Waals surface area contributed by atoms with Crippen LogP contribution in [0.3, 0.4) is 0 Å². The molecule has 0 spiro atoms. The third-order valence-corrected chi connectivity index (χ3v) is 7.44. The Morgan fingerprint density at radius 1 is 0.489 bits per heavy atom. The molecule has 6 aromatic rings. The van der Waals surface area contributed by atoms with Gasteiger partial charge < -0.3 is 4.74 Å². The number of ether oxygens (including phenoxy) is 1. The van der Waals surface area contributed by atoms with Gasteiger partial charge in [0.25, 0.3) is 0 Å². The van der Waals surface area contributed by atoms with Gasteiger partial charge in [0.15, 0.2) is 29.0 Å². The molecule has 0 radical (unpaired) electrons. The predicted octanol–water partition coefficient (Wildman–Crippen LogP) is 11.1. The molecule has 1 nitrogen and oxygen atoms in total. The van der Waals surface area contributed by atoms with Crippen molar-refractivity contribution in [1.29, 1.82) is 0 Å². The molecule has 45 heavy (non-hydrogen) atoms. The minimum absolute atomic E-state index is 0.153. The summed E-state index contributed by atoms with van der Waals surface area (Å²) in [6.07, 6.45) is -3.98. The first-order chi connectivity index (χ1) is 21.4. The van der Waals surface area contributed by atoms with E-state index in [1.807, 2.05) is 31.2 Å². The van der Waals surface area contributed by atoms with Crippen molar-refractivity contribution in [3.05, 3.63) is 149 Å². The van der Waals surface area contributed by atoms with Crippen LogP contribution in [-0.2, 0) is 6.11 Å². The zero-order chi connectivity index (χ0) is 32.0. The van der Waals surface area contributed by atoms with Gasteiger partial charge in [-0.05, 0) is 82.6 Å². The number of halogens is 8. The molecule has 0 aliphatic rings. The molecule has 0 saturated carbocycles. The lowest BCUT2D eigenvalue weighted by atomic mass is 9.97. The van der Waals surface area contributed by atoms with Gasteiger partial charge in [-0.3, -0.25) is 0 Å². The van der Waals surface area contributed by atoms with Crippen LogP contribution in [-0.4, -0.2) is 0 Å². The maximum absolute atomic E-state index is 15.1. The van der Waals surface area contributed by atoms with Crippen molar-refractivity contribution in [3.63, 3.8) is 0 Å². The van der Waals surface area contributed by atoms with Gasteiger partial charge in [-0.1, -0.05) is 66.2 Å². The van der Waals surface area contributed by atoms with E-state index in [2.05, 4.69) is 4.74 Å². The highest BCUT2D eigenvalue weighted by Crippen LogP contribution is 2.38. The average Bonchev–Trinajstić information content (AvgIpc) is 3.02. The summed E-state index contributed by atoms with van der Waals surface area (Å²) >= 11 is 0. The van der Waals surface area contributed by atoms with Crippen molar-refractivity contribution in [1.82, 2.24) is 0 Å². The Kier molecular flexibility index (Phi) is 7.56. The molecule has 0 bridgehead atoms. The van der Waals surface area contributed by atoms with E-state index in [0.717, 1.165) is 41.5 Å². The zero-order valence-electron chi connectivity index (χ0n) is 23.2. The largest absolute Gasteiger partial charge is 0.426 e. The van der Waals surface area contributed by atoms with Crippen LogP contribution in [0.5, 0.6) is 5.75 Å². The molecule has 0 aromatic heterocycles. The van der Waals surface area contributed by atoms with Gasteiger partial charge in [0.05, 0.1) is 10.9 Å². The van der Waals surface area contributed by atoms with Gasteiger partial charge >= 0.3 is 6.11 Å². The first-order valence-corrected chi connectivity index (χ1v) is 13.5. The van der Waals surface area contributed by atoms with Gasteiger partial charge in [-0.2, -0.15) is 13.2 Å². The first-order valence-electron chi connectivity index (χ1n) is 13.5. The molecule has 0 heterocycles. The molecule has 6 rings (SSSR count). The van der Waals surface area contributed by atoms with E-state index >= 15 is 4.39 Å². The fourth-order valence-corrected chi connectivity index (χ4v) is 5.03. The number of aryl methyl sites for hydroxylation is 1. The van der Waals surface area contributed by atoms with Crippen LogP contribution in [0.4, 0.5) is 35.1 Å². The molecule has 0 aliphatic heterocycles. The van der Waals surface area contributed by atoms with E-state index in [-0.39, 0.29) is 22.1 Å². The number of fused-ring (bicyclic) bond motifs is 1. The van der Waals surface area contributed by atoms with E-state index in [4.69, 9.17) is 0 Å². The molecule has 0 saturated heterocycles. The molecule has 0 atom stereocenters. The van der Waals surface area contributed by atoms with Crippen LogP contribution in [0.15, 0.2) is 103 Å². The van der Waals surface area contributed by atoms with Crippen molar-refractivity contribution in [2.75, 3.05) is 0 Å². The van der Waals surface area contributed by atoms with Crippen molar-refractivity contribution in [2.45, 2.75) is 13.0 Å². The second kappa shape index (κ2) is 11.4. The van der Waals surface area contributed by atoms with Crippen LogP contribution >= 0.6 is 0 Å². The van der Waals surface area contributed by atoms with E-state index in [9.17, 15) is 30.7 Å². The standard InChI is InChI=1S/C36H20F8O/c1-19-2-4-20(5-3-19)21-10-12-26(13-11-21)36(43,44)45-30-15-14-27(32(39)34(30)41)23-8-6-22(7-9-23)24-16-25-18-29(38)33(40)35(42)31(25)28(37)17-24/h2-18H,1H3. The lowest BCUT2D eigenvalue weighted by molar-refractivity contribution is -0.187. The van der Waals surface area contributed by atoms with E-state index in [0.29, 0.717) is 17.2 Å². The van der Waals surface area contributed by atoms with Crippen molar-refractivity contribution in [2.24, 2.45) is 0 Å². The number of rotatable bonds is 6. The molecule has 0 N–H and O–H groups in total. The summed E-state index contributed by atoms with van der Waals surface area (Å²) in [6.45, 7) is 1.92. The second-order valence-corrected chi connectivity index (χ2v) is 10.4. The third kappa shape index (κ3) is 5.61. The van der Waals surface area contributed by atoms with Gasteiger partial charge in [0.2, 0.25) is 5.82 Å². The Labute approximate surface area is 252 Å². The maximum Gasteiger partial charge on any atom is 0.426 e. The van der Waals surface area contributed by atoms with Crippen molar-refractivity contribution in [3.8, 4) is 39.1 Å². The quantitative estimate of drug-likeness (QED) is 0.133. The lowest BCUT2D eigenvalue weighted by Gasteiger charge is -2.19. The predicted molar refractivity (Wildman–Crippen MR) is 156 cm³/mol. The molecule has 6 aromatic carbocycles. The number of benzene rings is 6. The highest BCUT2D eigenvalue weighted by Gasteiger charge is 2.36. The summed E-state index contributed by atoms with van der Waals surface area (Å²) in [7, 11) is 0. The first kappa shape index (κ1) is 29.9. The third-order valence-electron chi connectivity index (χ3n) is 7.44. The zero-order valence-corrected chi connectivity index (χ0v) is 23.2. The van der Waals surface area contributed by atoms with Crippen molar-refractivity contribution < 1.29 is 39.9 Å². The monoisotopic (exact) mass is 620 g/mol. The molecule has 0 fully saturated rings. The van der Waals surface area contributed by atoms with E-state index < -0.39 is 57.7 Å². The maximum atomic E-state index is 15.1. The van der Waals surface area contributed by atoms with Crippen LogP contribution < -0.4 is 4.74 Å². The minimum Gasteiger partial charge on any atom is -0.426 e. The van der Waals surface area contributed by atoms with Crippen molar-refractivity contribution >= 4 is 10.8 Å². The molecule has 0 unspecified atom stereocenters. The Morgan fingerprint density at radius 2 is 1.04 bits per heavy atom. The van der Waals surface area contributed by atoms with E-state index in [1.165, 1.54) is 42.5 Å². The summed E-state index contributed by atoms with van der Waals surface area (Å²) in [6, 6.07) is 23.1. The van der Waals surface area contributed by atoms with Gasteiger partial charge in [0, 0.05) is 5.56 Å². The number of hydrogen-bond donors (Lipinski definition) is 0. The molecule has 0 amide bonds. The van der Waals surface area contributed by atoms with Crippen LogP contribution in [0.2, 0.25) is 0 Å². The Morgan fingerprint density at radius 3 is 1.69 bits per heavy atom. The SMILES string of the molecule is Cc1ccc(-c2ccc(C(F)(F)Oc3ccc(-c4ccc(-c5cc(F)c6c(F)c(F)c(F)cc6c5)cc4)c(F)c3F)cc2)cc1. The Hall–Kier alpha value is -5.18. The highest BCUT2D eigenvalue weighted by molar-refractivity contribution is 5.89. The Balaban J connectivity index is 1.23. The normalized spacial score (nSPS) is 11.7. The summed E-state index contributed by atoms with van der Waals surface area (Å²) in [5.41, 5.74) is 2.41. The molecular formula is C36H20F8O. The summed E-state index contributed by atoms with van der Waals surface area (Å²) < 4.78 is 121. The molecule has 9 heteroatoms. The average molecular weight is 621 g/mol. The number of alkyl halides is 2. The smallest absolute Gasteiger partial charge is 0.426 e. The number of hydrogen-bond acceptors (Lipinski definition) is 1. The summed E-state index contributed by atoms with van der Waals surface area (Å²) in [4.78, 5) is 0. The Bertz CT molecular complexity index is 2050. The molecular weight excluding hydrogens is 600 g/mol. The highest BCUT2D eigenvalue weighted by atomic mass is 19.3. The summed E-state index contributed by atoms with van der Waals surface area (Å²) in [5.74, 6) is -10.1. The minimum atomic E-state index is -3.98. The van der Waals surface area contributed by atoms with Gasteiger partial charge in [0.1, 0.15) is 5.82 Å². The summed E-state index contributed by atoms with van der Waals surface area (Å²) in [5, 5.41) is -0.924. The topological polar surface area (TPSA) is 9.23 Å². The van der Waals surface area contributed by atoms with Crippen LogP contribution in [0, 0.1) is 41.8 Å². The molecule has 226 valence electrons. The van der Waals surface area contributed by atoms with Crippen LogP contribution in [0.25, 0.3) is 44.2 Å².